The van der Waals surface area contributed by atoms with Crippen molar-refractivity contribution in [2.24, 2.45) is 11.7 Å². The third-order valence-corrected chi connectivity index (χ3v) is 4.19. The molecule has 0 aromatic carbocycles. The first kappa shape index (κ1) is 13.6. The van der Waals surface area contributed by atoms with Crippen LogP contribution in [0.15, 0.2) is 12.5 Å². The first-order valence-electron chi connectivity index (χ1n) is 7.03. The zero-order valence-corrected chi connectivity index (χ0v) is 11.4. The Morgan fingerprint density at radius 3 is 2.61 bits per heavy atom. The van der Waals surface area contributed by atoms with Crippen molar-refractivity contribution in [1.82, 2.24) is 9.55 Å². The van der Waals surface area contributed by atoms with Crippen LogP contribution in [0.25, 0.3) is 0 Å². The lowest BCUT2D eigenvalue weighted by Gasteiger charge is -2.30. The third kappa shape index (κ3) is 2.75. The molecule has 1 aliphatic carbocycles. The highest BCUT2D eigenvalue weighted by Crippen LogP contribution is 2.32. The van der Waals surface area contributed by atoms with E-state index < -0.39 is 0 Å². The molecule has 0 bridgehead atoms. The van der Waals surface area contributed by atoms with E-state index in [1.54, 1.807) is 0 Å². The molecule has 1 unspecified atom stereocenters. The van der Waals surface area contributed by atoms with E-state index >= 15 is 0 Å². The highest BCUT2D eigenvalue weighted by Gasteiger charge is 2.25. The van der Waals surface area contributed by atoms with Gasteiger partial charge in [-0.15, -0.1) is 0 Å². The van der Waals surface area contributed by atoms with Gasteiger partial charge in [-0.2, -0.15) is 0 Å². The van der Waals surface area contributed by atoms with Gasteiger partial charge in [0.2, 0.25) is 0 Å². The standard InChI is InChI=1S/C14H25N3O/c1-10(2)13(7-15)14-8-16-9-17(14)11-3-5-12(18)6-4-11/h8-13,18H,3-7,15H2,1-2H3. The number of aliphatic hydroxyl groups is 1. The van der Waals surface area contributed by atoms with Gasteiger partial charge in [0.25, 0.3) is 0 Å². The number of hydrogen-bond acceptors (Lipinski definition) is 3. The van der Waals surface area contributed by atoms with Crippen molar-refractivity contribution in [2.75, 3.05) is 6.54 Å². The Morgan fingerprint density at radius 1 is 1.39 bits per heavy atom. The Labute approximate surface area is 109 Å². The number of nitrogens with two attached hydrogens (primary N) is 1. The average Bonchev–Trinajstić information content (AvgIpc) is 2.79. The molecule has 0 amide bonds. The minimum absolute atomic E-state index is 0.108. The van der Waals surface area contributed by atoms with Gasteiger partial charge in [-0.25, -0.2) is 4.98 Å². The number of aliphatic hydroxyl groups excluding tert-OH is 1. The zero-order chi connectivity index (χ0) is 13.1. The van der Waals surface area contributed by atoms with Gasteiger partial charge >= 0.3 is 0 Å². The first-order valence-corrected chi connectivity index (χ1v) is 7.03. The Balaban J connectivity index is 2.16. The summed E-state index contributed by atoms with van der Waals surface area (Å²) in [4.78, 5) is 4.31. The summed E-state index contributed by atoms with van der Waals surface area (Å²) < 4.78 is 2.30. The number of rotatable bonds is 4. The van der Waals surface area contributed by atoms with E-state index in [0.717, 1.165) is 25.7 Å². The Morgan fingerprint density at radius 2 is 2.06 bits per heavy atom. The number of hydrogen-bond donors (Lipinski definition) is 2. The molecule has 4 nitrogen and oxygen atoms in total. The molecule has 1 fully saturated rings. The van der Waals surface area contributed by atoms with Crippen molar-refractivity contribution in [3.8, 4) is 0 Å². The van der Waals surface area contributed by atoms with Gasteiger partial charge in [-0.05, 0) is 31.6 Å². The second kappa shape index (κ2) is 5.85. The van der Waals surface area contributed by atoms with Crippen molar-refractivity contribution in [1.29, 1.82) is 0 Å². The van der Waals surface area contributed by atoms with Crippen LogP contribution in [0.1, 0.15) is 57.2 Å². The molecule has 1 aromatic heterocycles. The largest absolute Gasteiger partial charge is 0.393 e. The second-order valence-electron chi connectivity index (χ2n) is 5.77. The molecule has 2 rings (SSSR count). The minimum Gasteiger partial charge on any atom is -0.393 e. The molecule has 1 aliphatic rings. The van der Waals surface area contributed by atoms with Crippen molar-refractivity contribution in [3.63, 3.8) is 0 Å². The number of imidazole rings is 1. The molecular weight excluding hydrogens is 226 g/mol. The van der Waals surface area contributed by atoms with Gasteiger partial charge < -0.3 is 15.4 Å². The lowest BCUT2D eigenvalue weighted by molar-refractivity contribution is 0.109. The molecule has 0 saturated heterocycles. The molecule has 18 heavy (non-hydrogen) atoms. The second-order valence-corrected chi connectivity index (χ2v) is 5.77. The summed E-state index contributed by atoms with van der Waals surface area (Å²) in [7, 11) is 0. The zero-order valence-electron chi connectivity index (χ0n) is 11.4. The van der Waals surface area contributed by atoms with E-state index in [4.69, 9.17) is 5.73 Å². The fraction of sp³-hybridized carbons (Fsp3) is 0.786. The minimum atomic E-state index is -0.108. The molecule has 4 heteroatoms. The Hall–Kier alpha value is -0.870. The maximum absolute atomic E-state index is 9.59. The molecule has 1 saturated carbocycles. The van der Waals surface area contributed by atoms with Crippen LogP contribution in [0.2, 0.25) is 0 Å². The van der Waals surface area contributed by atoms with Gasteiger partial charge in [-0.3, -0.25) is 0 Å². The third-order valence-electron chi connectivity index (χ3n) is 4.19. The number of aromatic nitrogens is 2. The average molecular weight is 251 g/mol. The van der Waals surface area contributed by atoms with Crippen LogP contribution < -0.4 is 5.73 Å². The topological polar surface area (TPSA) is 64.1 Å². The van der Waals surface area contributed by atoms with E-state index in [1.807, 2.05) is 12.5 Å². The predicted octanol–water partition coefficient (Wildman–Crippen LogP) is 2.06. The summed E-state index contributed by atoms with van der Waals surface area (Å²) in [5.41, 5.74) is 7.16. The number of nitrogens with zero attached hydrogens (tertiary/aromatic N) is 2. The van der Waals surface area contributed by atoms with Gasteiger partial charge in [0.1, 0.15) is 0 Å². The monoisotopic (exact) mass is 251 g/mol. The van der Waals surface area contributed by atoms with Crippen LogP contribution in [-0.4, -0.2) is 27.3 Å². The molecule has 102 valence electrons. The molecular formula is C14H25N3O. The van der Waals surface area contributed by atoms with E-state index in [9.17, 15) is 5.11 Å². The Bertz CT molecular complexity index is 367. The predicted molar refractivity (Wildman–Crippen MR) is 72.4 cm³/mol. The molecule has 0 spiro atoms. The first-order chi connectivity index (χ1) is 8.63. The van der Waals surface area contributed by atoms with E-state index in [2.05, 4.69) is 23.4 Å². The smallest absolute Gasteiger partial charge is 0.0950 e. The van der Waals surface area contributed by atoms with Crippen molar-refractivity contribution < 1.29 is 5.11 Å². The van der Waals surface area contributed by atoms with E-state index in [1.165, 1.54) is 5.69 Å². The SMILES string of the molecule is CC(C)C(CN)c1cncn1C1CCC(O)CC1. The summed E-state index contributed by atoms with van der Waals surface area (Å²) in [6, 6.07) is 0.485. The Kier molecular flexibility index (Phi) is 4.40. The van der Waals surface area contributed by atoms with E-state index in [-0.39, 0.29) is 6.10 Å². The van der Waals surface area contributed by atoms with Gasteiger partial charge in [0.15, 0.2) is 0 Å². The summed E-state index contributed by atoms with van der Waals surface area (Å²) >= 11 is 0. The van der Waals surface area contributed by atoms with E-state index in [0.29, 0.717) is 24.4 Å². The van der Waals surface area contributed by atoms with Crippen LogP contribution in [0.3, 0.4) is 0 Å². The molecule has 0 radical (unpaired) electrons. The lowest BCUT2D eigenvalue weighted by atomic mass is 9.90. The highest BCUT2D eigenvalue weighted by atomic mass is 16.3. The van der Waals surface area contributed by atoms with Crippen LogP contribution in [0.4, 0.5) is 0 Å². The maximum atomic E-state index is 9.59. The molecule has 1 heterocycles. The molecule has 0 aliphatic heterocycles. The van der Waals surface area contributed by atoms with Gasteiger partial charge in [-0.1, -0.05) is 13.8 Å². The quantitative estimate of drug-likeness (QED) is 0.861. The summed E-state index contributed by atoms with van der Waals surface area (Å²) in [5.74, 6) is 0.902. The summed E-state index contributed by atoms with van der Waals surface area (Å²) in [5, 5.41) is 9.59. The van der Waals surface area contributed by atoms with Crippen LogP contribution >= 0.6 is 0 Å². The summed E-state index contributed by atoms with van der Waals surface area (Å²) in [6.07, 6.45) is 7.67. The van der Waals surface area contributed by atoms with Crippen LogP contribution in [-0.2, 0) is 0 Å². The maximum Gasteiger partial charge on any atom is 0.0950 e. The summed E-state index contributed by atoms with van der Waals surface area (Å²) in [6.45, 7) is 5.08. The van der Waals surface area contributed by atoms with Crippen LogP contribution in [0, 0.1) is 5.92 Å². The molecule has 3 N–H and O–H groups in total. The fourth-order valence-electron chi connectivity index (χ4n) is 2.98. The lowest BCUT2D eigenvalue weighted by Crippen LogP contribution is -2.25. The molecule has 1 atom stereocenters. The molecule has 1 aromatic rings. The fourth-order valence-corrected chi connectivity index (χ4v) is 2.98. The highest BCUT2D eigenvalue weighted by molar-refractivity contribution is 5.10. The van der Waals surface area contributed by atoms with Gasteiger partial charge in [0.05, 0.1) is 12.4 Å². The normalized spacial score (nSPS) is 26.5. The van der Waals surface area contributed by atoms with Crippen LogP contribution in [0.5, 0.6) is 0 Å². The van der Waals surface area contributed by atoms with Crippen molar-refractivity contribution in [2.45, 2.75) is 57.6 Å². The van der Waals surface area contributed by atoms with Crippen molar-refractivity contribution in [3.05, 3.63) is 18.2 Å². The van der Waals surface area contributed by atoms with Gasteiger partial charge in [0, 0.05) is 30.4 Å². The van der Waals surface area contributed by atoms with Crippen molar-refractivity contribution >= 4 is 0 Å².